The van der Waals surface area contributed by atoms with E-state index in [1.165, 1.54) is 5.56 Å². The van der Waals surface area contributed by atoms with Gasteiger partial charge in [0.1, 0.15) is 11.5 Å². The molecule has 0 fully saturated rings. The van der Waals surface area contributed by atoms with Gasteiger partial charge in [-0.1, -0.05) is 42.0 Å². The monoisotopic (exact) mass is 421 g/mol. The smallest absolute Gasteiger partial charge is 0.206 e. The number of aromatic nitrogens is 1. The number of thiazole rings is 1. The highest BCUT2D eigenvalue weighted by atomic mass is 32.1. The molecule has 0 saturated heterocycles. The van der Waals surface area contributed by atoms with E-state index in [1.807, 2.05) is 42.1 Å². The normalized spacial score (nSPS) is 12.2. The molecule has 2 aromatic carbocycles. The minimum absolute atomic E-state index is 0.554. The number of methoxy groups -OCH3 is 2. The van der Waals surface area contributed by atoms with Gasteiger partial charge in [0.15, 0.2) is 0 Å². The summed E-state index contributed by atoms with van der Waals surface area (Å²) >= 11 is 1.54. The van der Waals surface area contributed by atoms with Crippen molar-refractivity contribution < 1.29 is 9.47 Å². The molecule has 0 aliphatic heterocycles. The van der Waals surface area contributed by atoms with E-state index in [4.69, 9.17) is 19.6 Å². The second-order valence-electron chi connectivity index (χ2n) is 7.11. The van der Waals surface area contributed by atoms with Crippen molar-refractivity contribution in [3.05, 3.63) is 75.9 Å². The summed E-state index contributed by atoms with van der Waals surface area (Å²) in [5, 5.41) is 6.97. The first-order valence-electron chi connectivity index (χ1n) is 9.63. The summed E-state index contributed by atoms with van der Waals surface area (Å²) in [4.78, 5) is 5.51. The van der Waals surface area contributed by atoms with Crippen LogP contribution in [-0.2, 0) is 0 Å². The van der Waals surface area contributed by atoms with Crippen LogP contribution in [0.3, 0.4) is 0 Å². The Kier molecular flexibility index (Phi) is 6.90. The van der Waals surface area contributed by atoms with E-state index in [0.29, 0.717) is 6.54 Å². The number of nitrogens with zero attached hydrogens (tertiary/aromatic N) is 3. The molecule has 1 heterocycles. The Morgan fingerprint density at radius 3 is 2.43 bits per heavy atom. The van der Waals surface area contributed by atoms with Gasteiger partial charge in [-0.25, -0.2) is 4.68 Å². The number of hydrogen-bond donors (Lipinski definition) is 0. The summed E-state index contributed by atoms with van der Waals surface area (Å²) in [5.74, 6) is 1.46. The van der Waals surface area contributed by atoms with Crippen LogP contribution in [0, 0.1) is 6.92 Å². The van der Waals surface area contributed by atoms with Gasteiger partial charge in [0.2, 0.25) is 4.80 Å². The van der Waals surface area contributed by atoms with Crippen molar-refractivity contribution in [1.29, 1.82) is 0 Å². The molecule has 3 aromatic rings. The Morgan fingerprint density at radius 2 is 1.80 bits per heavy atom. The van der Waals surface area contributed by atoms with Gasteiger partial charge in [0, 0.05) is 17.0 Å². The number of benzene rings is 2. The van der Waals surface area contributed by atoms with Crippen LogP contribution in [0.5, 0.6) is 11.5 Å². The zero-order chi connectivity index (χ0) is 21.7. The fraction of sp³-hybridized carbons (Fsp3) is 0.250. The van der Waals surface area contributed by atoms with Gasteiger partial charge in [0.25, 0.3) is 0 Å². The SMILES string of the molecule is C=C(C)CN=c1scc(-c2ccc(OC)cc2OC)n1N=C(C)c1ccc(C)cc1. The minimum Gasteiger partial charge on any atom is -0.497 e. The van der Waals surface area contributed by atoms with E-state index in [-0.39, 0.29) is 0 Å². The van der Waals surface area contributed by atoms with Gasteiger partial charge in [-0.3, -0.25) is 4.99 Å². The average Bonchev–Trinajstić information content (AvgIpc) is 3.14. The summed E-state index contributed by atoms with van der Waals surface area (Å²) in [7, 11) is 3.30. The first-order chi connectivity index (χ1) is 14.4. The van der Waals surface area contributed by atoms with Gasteiger partial charge >= 0.3 is 0 Å². The summed E-state index contributed by atoms with van der Waals surface area (Å²) in [6, 6.07) is 14.1. The molecule has 30 heavy (non-hydrogen) atoms. The van der Waals surface area contributed by atoms with Gasteiger partial charge in [0.05, 0.1) is 32.2 Å². The van der Waals surface area contributed by atoms with Crippen molar-refractivity contribution in [3.63, 3.8) is 0 Å². The van der Waals surface area contributed by atoms with Crippen LogP contribution in [0.1, 0.15) is 25.0 Å². The summed E-state index contributed by atoms with van der Waals surface area (Å²) < 4.78 is 12.8. The van der Waals surface area contributed by atoms with Crippen molar-refractivity contribution in [2.24, 2.45) is 10.1 Å². The van der Waals surface area contributed by atoms with E-state index < -0.39 is 0 Å². The maximum Gasteiger partial charge on any atom is 0.206 e. The third kappa shape index (κ3) is 4.89. The van der Waals surface area contributed by atoms with E-state index in [9.17, 15) is 0 Å². The van der Waals surface area contributed by atoms with Gasteiger partial charge < -0.3 is 9.47 Å². The minimum atomic E-state index is 0.554. The molecule has 0 saturated carbocycles. The van der Waals surface area contributed by atoms with Crippen molar-refractivity contribution in [2.75, 3.05) is 20.8 Å². The Labute approximate surface area is 181 Å². The highest BCUT2D eigenvalue weighted by molar-refractivity contribution is 7.07. The lowest BCUT2D eigenvalue weighted by Gasteiger charge is -2.11. The van der Waals surface area contributed by atoms with Gasteiger partial charge in [-0.15, -0.1) is 11.3 Å². The zero-order valence-electron chi connectivity index (χ0n) is 18.1. The number of rotatable bonds is 7. The molecule has 0 aliphatic carbocycles. The van der Waals surface area contributed by atoms with Crippen LogP contribution in [0.4, 0.5) is 0 Å². The van der Waals surface area contributed by atoms with Gasteiger partial charge in [-0.2, -0.15) is 5.10 Å². The Bertz CT molecular complexity index is 1140. The summed E-state index contributed by atoms with van der Waals surface area (Å²) in [6.07, 6.45) is 0. The lowest BCUT2D eigenvalue weighted by atomic mass is 10.1. The van der Waals surface area contributed by atoms with E-state index in [2.05, 4.69) is 37.8 Å². The lowest BCUT2D eigenvalue weighted by molar-refractivity contribution is 0.395. The van der Waals surface area contributed by atoms with Crippen molar-refractivity contribution in [1.82, 2.24) is 4.68 Å². The molecule has 0 spiro atoms. The summed E-state index contributed by atoms with van der Waals surface area (Å²) in [6.45, 7) is 10.6. The molecule has 156 valence electrons. The molecule has 1 aromatic heterocycles. The zero-order valence-corrected chi connectivity index (χ0v) is 18.9. The predicted octanol–water partition coefficient (Wildman–Crippen LogP) is 5.29. The van der Waals surface area contributed by atoms with Crippen LogP contribution in [-0.4, -0.2) is 31.2 Å². The third-order valence-corrected chi connectivity index (χ3v) is 5.43. The molecule has 0 aliphatic rings. The molecule has 0 atom stereocenters. The predicted molar refractivity (Wildman–Crippen MR) is 125 cm³/mol. The van der Waals surface area contributed by atoms with Crippen molar-refractivity contribution >= 4 is 17.0 Å². The second-order valence-corrected chi connectivity index (χ2v) is 7.94. The average molecular weight is 422 g/mol. The first-order valence-corrected chi connectivity index (χ1v) is 10.5. The molecule has 0 N–H and O–H groups in total. The Balaban J connectivity index is 2.18. The standard InChI is InChI=1S/C24H27N3O2S/c1-16(2)14-25-24-27(26-18(4)19-9-7-17(3)8-10-19)22(15-30-24)21-12-11-20(28-5)13-23(21)29-6/h7-13,15H,1,14H2,2-6H3. The van der Waals surface area contributed by atoms with Crippen LogP contribution in [0.25, 0.3) is 11.3 Å². The quantitative estimate of drug-likeness (QED) is 0.384. The Morgan fingerprint density at radius 1 is 1.07 bits per heavy atom. The molecule has 0 amide bonds. The van der Waals surface area contributed by atoms with Crippen LogP contribution in [0.15, 0.2) is 70.1 Å². The first kappa shape index (κ1) is 21.6. The van der Waals surface area contributed by atoms with Crippen LogP contribution >= 0.6 is 11.3 Å². The van der Waals surface area contributed by atoms with Crippen LogP contribution < -0.4 is 14.3 Å². The maximum absolute atomic E-state index is 5.63. The molecule has 3 rings (SSSR count). The third-order valence-electron chi connectivity index (χ3n) is 4.57. The molecule has 0 radical (unpaired) electrons. The molecule has 5 nitrogen and oxygen atoms in total. The molecular formula is C24H27N3O2S. The van der Waals surface area contributed by atoms with Gasteiger partial charge in [-0.05, 0) is 38.5 Å². The molecule has 6 heteroatoms. The lowest BCUT2D eigenvalue weighted by Crippen LogP contribution is -2.15. The fourth-order valence-corrected chi connectivity index (χ4v) is 3.73. The number of aryl methyl sites for hydroxylation is 1. The largest absolute Gasteiger partial charge is 0.497 e. The topological polar surface area (TPSA) is 48.1 Å². The van der Waals surface area contributed by atoms with Crippen molar-refractivity contribution in [2.45, 2.75) is 20.8 Å². The maximum atomic E-state index is 5.63. The van der Waals surface area contributed by atoms with E-state index in [1.54, 1.807) is 25.6 Å². The number of hydrogen-bond acceptors (Lipinski definition) is 5. The van der Waals surface area contributed by atoms with Crippen molar-refractivity contribution in [3.8, 4) is 22.8 Å². The highest BCUT2D eigenvalue weighted by Gasteiger charge is 2.14. The molecule has 0 unspecified atom stereocenters. The Hall–Kier alpha value is -3.12. The van der Waals surface area contributed by atoms with E-state index >= 15 is 0 Å². The molecule has 0 bridgehead atoms. The number of ether oxygens (including phenoxy) is 2. The fourth-order valence-electron chi connectivity index (χ4n) is 2.91. The van der Waals surface area contributed by atoms with E-state index in [0.717, 1.165) is 44.4 Å². The molecular weight excluding hydrogens is 394 g/mol. The summed E-state index contributed by atoms with van der Waals surface area (Å²) in [5.41, 5.74) is 6.02. The second kappa shape index (κ2) is 9.59. The highest BCUT2D eigenvalue weighted by Crippen LogP contribution is 2.33. The van der Waals surface area contributed by atoms with Crippen LogP contribution in [0.2, 0.25) is 0 Å².